The zero-order chi connectivity index (χ0) is 9.68. The Morgan fingerprint density at radius 2 is 2.31 bits per heavy atom. The van der Waals surface area contributed by atoms with Gasteiger partial charge in [0.25, 0.3) is 0 Å². The van der Waals surface area contributed by atoms with E-state index in [2.05, 4.69) is 19.0 Å². The predicted octanol–water partition coefficient (Wildman–Crippen LogP) is 2.94. The molecular weight excluding hydrogens is 164 g/mol. The summed E-state index contributed by atoms with van der Waals surface area (Å²) in [4.78, 5) is 0. The summed E-state index contributed by atoms with van der Waals surface area (Å²) in [5.41, 5.74) is 6.48. The summed E-state index contributed by atoms with van der Waals surface area (Å²) in [5, 5.41) is 3.94. The minimum Gasteiger partial charge on any atom is -0.368 e. The Balaban J connectivity index is 2.56. The van der Waals surface area contributed by atoms with Gasteiger partial charge < -0.3 is 10.3 Å². The largest absolute Gasteiger partial charge is 0.368 e. The highest BCUT2D eigenvalue weighted by atomic mass is 16.5. The lowest BCUT2D eigenvalue weighted by atomic mass is 9.96. The fourth-order valence-corrected chi connectivity index (χ4v) is 1.51. The first-order chi connectivity index (χ1) is 6.27. The highest BCUT2D eigenvalue weighted by molar-refractivity contribution is 5.26. The second-order valence-electron chi connectivity index (χ2n) is 3.40. The molecule has 3 heteroatoms. The molecule has 0 fully saturated rings. The molecule has 2 N–H and O–H groups in total. The quantitative estimate of drug-likeness (QED) is 0.761. The summed E-state index contributed by atoms with van der Waals surface area (Å²) in [7, 11) is 0. The maximum Gasteiger partial charge on any atom is 0.222 e. The summed E-state index contributed by atoms with van der Waals surface area (Å²) in [6.07, 6.45) is 4.75. The van der Waals surface area contributed by atoms with E-state index < -0.39 is 0 Å². The highest BCUT2D eigenvalue weighted by Gasteiger charge is 2.12. The Kier molecular flexibility index (Phi) is 3.80. The van der Waals surface area contributed by atoms with E-state index in [-0.39, 0.29) is 0 Å². The Bertz CT molecular complexity index is 245. The molecule has 0 aromatic carbocycles. The lowest BCUT2D eigenvalue weighted by Gasteiger charge is -2.09. The molecule has 0 bridgehead atoms. The Morgan fingerprint density at radius 3 is 2.77 bits per heavy atom. The molecule has 1 atom stereocenters. The van der Waals surface area contributed by atoms with E-state index in [1.54, 1.807) is 0 Å². The Labute approximate surface area is 79.3 Å². The molecule has 3 nitrogen and oxygen atoms in total. The van der Waals surface area contributed by atoms with Gasteiger partial charge in [-0.1, -0.05) is 31.8 Å². The van der Waals surface area contributed by atoms with Gasteiger partial charge in [-0.2, -0.15) is 0 Å². The van der Waals surface area contributed by atoms with Crippen molar-refractivity contribution in [3.8, 4) is 0 Å². The van der Waals surface area contributed by atoms with E-state index in [9.17, 15) is 0 Å². The van der Waals surface area contributed by atoms with Gasteiger partial charge in [-0.25, -0.2) is 0 Å². The first-order valence-electron chi connectivity index (χ1n) is 5.00. The summed E-state index contributed by atoms with van der Waals surface area (Å²) < 4.78 is 4.86. The average Bonchev–Trinajstić information content (AvgIpc) is 2.54. The molecule has 1 heterocycles. The number of rotatable bonds is 5. The van der Waals surface area contributed by atoms with E-state index >= 15 is 0 Å². The van der Waals surface area contributed by atoms with Gasteiger partial charge in [-0.3, -0.25) is 0 Å². The third kappa shape index (κ3) is 2.76. The van der Waals surface area contributed by atoms with Crippen LogP contribution in [0.4, 0.5) is 5.88 Å². The zero-order valence-corrected chi connectivity index (χ0v) is 8.42. The number of nitrogen functional groups attached to an aromatic ring is 1. The summed E-state index contributed by atoms with van der Waals surface area (Å²) in [6, 6.07) is 1.84. The van der Waals surface area contributed by atoms with Crippen molar-refractivity contribution in [1.29, 1.82) is 0 Å². The van der Waals surface area contributed by atoms with Crippen LogP contribution in [0, 0.1) is 0 Å². The van der Waals surface area contributed by atoms with Crippen molar-refractivity contribution in [2.75, 3.05) is 5.73 Å². The van der Waals surface area contributed by atoms with Gasteiger partial charge in [0.1, 0.15) is 0 Å². The third-order valence-corrected chi connectivity index (χ3v) is 2.36. The van der Waals surface area contributed by atoms with E-state index in [0.29, 0.717) is 11.8 Å². The summed E-state index contributed by atoms with van der Waals surface area (Å²) in [6.45, 7) is 4.37. The molecule has 0 aliphatic rings. The summed E-state index contributed by atoms with van der Waals surface area (Å²) in [5.74, 6) is 0.936. The van der Waals surface area contributed by atoms with Crippen LogP contribution in [0.2, 0.25) is 0 Å². The van der Waals surface area contributed by atoms with Gasteiger partial charge in [-0.05, 0) is 12.8 Å². The first kappa shape index (κ1) is 10.1. The van der Waals surface area contributed by atoms with Crippen molar-refractivity contribution >= 4 is 5.88 Å². The minimum atomic E-state index is 0.421. The standard InChI is InChI=1S/C10H18N2O/c1-3-5-6-8(4-2)9-7-10(11)13-12-9/h7-8H,3-6,11H2,1-2H3. The molecule has 1 aromatic rings. The molecule has 0 aliphatic carbocycles. The number of aromatic nitrogens is 1. The van der Waals surface area contributed by atoms with Crippen LogP contribution in [-0.4, -0.2) is 5.16 Å². The van der Waals surface area contributed by atoms with Crippen molar-refractivity contribution < 1.29 is 4.52 Å². The van der Waals surface area contributed by atoms with Crippen LogP contribution in [0.5, 0.6) is 0 Å². The van der Waals surface area contributed by atoms with Crippen LogP contribution < -0.4 is 5.73 Å². The lowest BCUT2D eigenvalue weighted by Crippen LogP contribution is -1.97. The lowest BCUT2D eigenvalue weighted by molar-refractivity contribution is 0.412. The second kappa shape index (κ2) is 4.90. The van der Waals surface area contributed by atoms with Gasteiger partial charge in [0.2, 0.25) is 5.88 Å². The first-order valence-corrected chi connectivity index (χ1v) is 5.00. The molecule has 1 unspecified atom stereocenters. The molecule has 0 amide bonds. The fourth-order valence-electron chi connectivity index (χ4n) is 1.51. The van der Waals surface area contributed by atoms with Crippen molar-refractivity contribution in [1.82, 2.24) is 5.16 Å². The minimum absolute atomic E-state index is 0.421. The molecule has 74 valence electrons. The molecular formula is C10H18N2O. The van der Waals surface area contributed by atoms with Gasteiger partial charge in [-0.15, -0.1) is 0 Å². The number of unbranched alkanes of at least 4 members (excludes halogenated alkanes) is 1. The van der Waals surface area contributed by atoms with E-state index in [1.807, 2.05) is 6.07 Å². The molecule has 1 rings (SSSR count). The molecule has 0 saturated carbocycles. The molecule has 0 saturated heterocycles. The van der Waals surface area contributed by atoms with Crippen LogP contribution in [0.1, 0.15) is 51.1 Å². The van der Waals surface area contributed by atoms with Crippen LogP contribution >= 0.6 is 0 Å². The third-order valence-electron chi connectivity index (χ3n) is 2.36. The van der Waals surface area contributed by atoms with Crippen molar-refractivity contribution in [2.24, 2.45) is 0 Å². The van der Waals surface area contributed by atoms with Gasteiger partial charge in [0.05, 0.1) is 5.69 Å². The van der Waals surface area contributed by atoms with Crippen molar-refractivity contribution in [3.05, 3.63) is 11.8 Å². The molecule has 0 spiro atoms. The zero-order valence-electron chi connectivity index (χ0n) is 8.42. The van der Waals surface area contributed by atoms with Gasteiger partial charge in [0.15, 0.2) is 0 Å². The van der Waals surface area contributed by atoms with E-state index in [4.69, 9.17) is 10.3 Å². The monoisotopic (exact) mass is 182 g/mol. The summed E-state index contributed by atoms with van der Waals surface area (Å²) >= 11 is 0. The maximum absolute atomic E-state index is 5.47. The average molecular weight is 182 g/mol. The Morgan fingerprint density at radius 1 is 1.54 bits per heavy atom. The molecule has 0 radical (unpaired) electrons. The topological polar surface area (TPSA) is 52.0 Å². The SMILES string of the molecule is CCCCC(CC)c1cc(N)on1. The van der Waals surface area contributed by atoms with Crippen molar-refractivity contribution in [3.63, 3.8) is 0 Å². The predicted molar refractivity (Wildman–Crippen MR) is 53.5 cm³/mol. The van der Waals surface area contributed by atoms with Crippen LogP contribution in [0.15, 0.2) is 10.6 Å². The van der Waals surface area contributed by atoms with Crippen LogP contribution in [0.25, 0.3) is 0 Å². The Hall–Kier alpha value is -0.990. The molecule has 13 heavy (non-hydrogen) atoms. The van der Waals surface area contributed by atoms with E-state index in [0.717, 1.165) is 12.1 Å². The second-order valence-corrected chi connectivity index (χ2v) is 3.40. The fraction of sp³-hybridized carbons (Fsp3) is 0.700. The van der Waals surface area contributed by atoms with Gasteiger partial charge in [0, 0.05) is 12.0 Å². The normalized spacial score (nSPS) is 13.1. The van der Waals surface area contributed by atoms with E-state index in [1.165, 1.54) is 19.3 Å². The molecule has 0 aliphatic heterocycles. The number of nitrogens with two attached hydrogens (primary N) is 1. The van der Waals surface area contributed by atoms with Crippen LogP contribution in [-0.2, 0) is 0 Å². The van der Waals surface area contributed by atoms with Gasteiger partial charge >= 0.3 is 0 Å². The molecule has 1 aromatic heterocycles. The number of hydrogen-bond acceptors (Lipinski definition) is 3. The van der Waals surface area contributed by atoms with Crippen molar-refractivity contribution in [2.45, 2.75) is 45.4 Å². The number of anilines is 1. The number of hydrogen-bond donors (Lipinski definition) is 1. The smallest absolute Gasteiger partial charge is 0.222 e. The number of nitrogens with zero attached hydrogens (tertiary/aromatic N) is 1. The van der Waals surface area contributed by atoms with Crippen LogP contribution in [0.3, 0.4) is 0 Å². The highest BCUT2D eigenvalue weighted by Crippen LogP contribution is 2.25. The maximum atomic E-state index is 5.47.